The Hall–Kier alpha value is -2.91. The summed E-state index contributed by atoms with van der Waals surface area (Å²) < 4.78 is 22.9. The Morgan fingerprint density at radius 1 is 1.17 bits per heavy atom. The molecule has 23 heavy (non-hydrogen) atoms. The third-order valence-electron chi connectivity index (χ3n) is 3.38. The van der Waals surface area contributed by atoms with Gasteiger partial charge in [-0.3, -0.25) is 0 Å². The molecule has 5 nitrogen and oxygen atoms in total. The Bertz CT molecular complexity index is 1010. The summed E-state index contributed by atoms with van der Waals surface area (Å²) >= 11 is 0. The van der Waals surface area contributed by atoms with Crippen LogP contribution in [0.4, 0.5) is 0 Å². The molecule has 0 saturated carbocycles. The standard InChI is InChI=1S/C17H13N3O2S/c1-23(21,22)14-8-6-12(7-9-14)10-13(11-18)17-19-15-4-2-3-5-16(15)20-17/h2-10H,1H3,(H,19,20)/b13-10+. The fourth-order valence-corrected chi connectivity index (χ4v) is 2.84. The Morgan fingerprint density at radius 2 is 1.87 bits per heavy atom. The fourth-order valence-electron chi connectivity index (χ4n) is 2.21. The van der Waals surface area contributed by atoms with E-state index in [1.807, 2.05) is 24.3 Å². The smallest absolute Gasteiger partial charge is 0.175 e. The highest BCUT2D eigenvalue weighted by atomic mass is 32.2. The van der Waals surface area contributed by atoms with E-state index in [4.69, 9.17) is 0 Å². The number of fused-ring (bicyclic) bond motifs is 1. The van der Waals surface area contributed by atoms with Crippen molar-refractivity contribution in [2.75, 3.05) is 6.26 Å². The maximum Gasteiger partial charge on any atom is 0.175 e. The normalized spacial score (nSPS) is 12.3. The van der Waals surface area contributed by atoms with E-state index >= 15 is 0 Å². The molecule has 6 heteroatoms. The summed E-state index contributed by atoms with van der Waals surface area (Å²) in [6, 6.07) is 16.0. The van der Waals surface area contributed by atoms with E-state index in [0.717, 1.165) is 22.9 Å². The first kappa shape index (κ1) is 15.0. The Labute approximate surface area is 133 Å². The monoisotopic (exact) mass is 323 g/mol. The number of sulfone groups is 1. The van der Waals surface area contributed by atoms with E-state index in [1.165, 1.54) is 12.1 Å². The van der Waals surface area contributed by atoms with Crippen LogP contribution in [-0.4, -0.2) is 24.6 Å². The highest BCUT2D eigenvalue weighted by Gasteiger charge is 2.09. The molecule has 1 aromatic heterocycles. The van der Waals surface area contributed by atoms with Crippen molar-refractivity contribution in [1.29, 1.82) is 5.26 Å². The molecule has 1 N–H and O–H groups in total. The second-order valence-electron chi connectivity index (χ2n) is 5.11. The number of rotatable bonds is 3. The van der Waals surface area contributed by atoms with Crippen LogP contribution in [0.25, 0.3) is 22.7 Å². The SMILES string of the molecule is CS(=O)(=O)c1ccc(/C=C(\C#N)c2nc3ccccc3[nH]2)cc1. The number of nitriles is 1. The van der Waals surface area contributed by atoms with Gasteiger partial charge in [-0.2, -0.15) is 5.26 Å². The molecule has 0 radical (unpaired) electrons. The predicted octanol–water partition coefficient (Wildman–Crippen LogP) is 3.03. The van der Waals surface area contributed by atoms with E-state index in [9.17, 15) is 13.7 Å². The first-order valence-electron chi connectivity index (χ1n) is 6.84. The van der Waals surface area contributed by atoms with Gasteiger partial charge in [0, 0.05) is 6.26 Å². The van der Waals surface area contributed by atoms with Crippen LogP contribution < -0.4 is 0 Å². The van der Waals surface area contributed by atoms with Crippen molar-refractivity contribution < 1.29 is 8.42 Å². The Balaban J connectivity index is 2.00. The van der Waals surface area contributed by atoms with E-state index in [1.54, 1.807) is 18.2 Å². The van der Waals surface area contributed by atoms with Gasteiger partial charge in [-0.05, 0) is 35.9 Å². The Morgan fingerprint density at radius 3 is 2.48 bits per heavy atom. The van der Waals surface area contributed by atoms with Gasteiger partial charge in [0.2, 0.25) is 0 Å². The molecule has 0 saturated heterocycles. The van der Waals surface area contributed by atoms with Gasteiger partial charge >= 0.3 is 0 Å². The average molecular weight is 323 g/mol. The number of aromatic nitrogens is 2. The van der Waals surface area contributed by atoms with Gasteiger partial charge in [-0.1, -0.05) is 24.3 Å². The lowest BCUT2D eigenvalue weighted by Gasteiger charge is -1.99. The van der Waals surface area contributed by atoms with Crippen LogP contribution >= 0.6 is 0 Å². The van der Waals surface area contributed by atoms with E-state index < -0.39 is 9.84 Å². The summed E-state index contributed by atoms with van der Waals surface area (Å²) in [4.78, 5) is 7.75. The van der Waals surface area contributed by atoms with Crippen LogP contribution in [0.2, 0.25) is 0 Å². The van der Waals surface area contributed by atoms with Crippen molar-refractivity contribution in [3.63, 3.8) is 0 Å². The number of H-pyrrole nitrogens is 1. The van der Waals surface area contributed by atoms with Gasteiger partial charge in [0.25, 0.3) is 0 Å². The minimum atomic E-state index is -3.23. The van der Waals surface area contributed by atoms with Gasteiger partial charge in [0.1, 0.15) is 11.9 Å². The van der Waals surface area contributed by atoms with Crippen molar-refractivity contribution in [3.05, 3.63) is 59.9 Å². The van der Waals surface area contributed by atoms with Crippen LogP contribution in [-0.2, 0) is 9.84 Å². The molecule has 0 fully saturated rings. The number of nitrogens with zero attached hydrogens (tertiary/aromatic N) is 2. The topological polar surface area (TPSA) is 86.6 Å². The fraction of sp³-hybridized carbons (Fsp3) is 0.0588. The minimum absolute atomic E-state index is 0.247. The zero-order chi connectivity index (χ0) is 16.4. The summed E-state index contributed by atoms with van der Waals surface area (Å²) in [6.45, 7) is 0. The number of nitrogens with one attached hydrogen (secondary N) is 1. The van der Waals surface area contributed by atoms with E-state index in [0.29, 0.717) is 11.4 Å². The molecule has 0 spiro atoms. The van der Waals surface area contributed by atoms with Crippen LogP contribution in [0, 0.1) is 11.3 Å². The third-order valence-corrected chi connectivity index (χ3v) is 4.51. The highest BCUT2D eigenvalue weighted by Crippen LogP contribution is 2.20. The van der Waals surface area contributed by atoms with E-state index in [-0.39, 0.29) is 4.90 Å². The quantitative estimate of drug-likeness (QED) is 0.751. The second-order valence-corrected chi connectivity index (χ2v) is 7.13. The minimum Gasteiger partial charge on any atom is -0.337 e. The summed E-state index contributed by atoms with van der Waals surface area (Å²) in [7, 11) is -3.23. The van der Waals surface area contributed by atoms with E-state index in [2.05, 4.69) is 16.0 Å². The van der Waals surface area contributed by atoms with Crippen LogP contribution in [0.5, 0.6) is 0 Å². The number of imidazole rings is 1. The molecule has 3 rings (SSSR count). The summed E-state index contributed by atoms with van der Waals surface area (Å²) in [5.41, 5.74) is 2.76. The molecule has 0 amide bonds. The van der Waals surface area contributed by atoms with Gasteiger partial charge in [-0.25, -0.2) is 13.4 Å². The zero-order valence-corrected chi connectivity index (χ0v) is 13.1. The van der Waals surface area contributed by atoms with Crippen molar-refractivity contribution in [3.8, 4) is 6.07 Å². The average Bonchev–Trinajstić information content (AvgIpc) is 2.96. The van der Waals surface area contributed by atoms with Gasteiger partial charge in [0.15, 0.2) is 9.84 Å². The van der Waals surface area contributed by atoms with Crippen LogP contribution in [0.1, 0.15) is 11.4 Å². The molecule has 0 bridgehead atoms. The molecular weight excluding hydrogens is 310 g/mol. The van der Waals surface area contributed by atoms with Gasteiger partial charge in [-0.15, -0.1) is 0 Å². The molecule has 1 heterocycles. The number of para-hydroxylation sites is 2. The molecule has 0 aliphatic rings. The molecule has 3 aromatic rings. The molecule has 114 valence electrons. The van der Waals surface area contributed by atoms with Crippen molar-refractivity contribution in [1.82, 2.24) is 9.97 Å². The van der Waals surface area contributed by atoms with Crippen molar-refractivity contribution >= 4 is 32.5 Å². The summed E-state index contributed by atoms with van der Waals surface area (Å²) in [5.74, 6) is 0.487. The van der Waals surface area contributed by atoms with Crippen LogP contribution in [0.3, 0.4) is 0 Å². The number of hydrogen-bond acceptors (Lipinski definition) is 4. The summed E-state index contributed by atoms with van der Waals surface area (Å²) in [5, 5.41) is 9.38. The number of allylic oxidation sites excluding steroid dienone is 1. The van der Waals surface area contributed by atoms with Crippen LogP contribution in [0.15, 0.2) is 53.4 Å². The molecule has 0 unspecified atom stereocenters. The second kappa shape index (κ2) is 5.71. The third kappa shape index (κ3) is 3.15. The summed E-state index contributed by atoms with van der Waals surface area (Å²) in [6.07, 6.45) is 2.83. The maximum absolute atomic E-state index is 11.5. The molecule has 0 atom stereocenters. The molecular formula is C17H13N3O2S. The zero-order valence-electron chi connectivity index (χ0n) is 12.3. The van der Waals surface area contributed by atoms with Crippen molar-refractivity contribution in [2.24, 2.45) is 0 Å². The number of hydrogen-bond donors (Lipinski definition) is 1. The number of benzene rings is 2. The highest BCUT2D eigenvalue weighted by molar-refractivity contribution is 7.90. The lowest BCUT2D eigenvalue weighted by Crippen LogP contribution is -1.96. The Kier molecular flexibility index (Phi) is 3.72. The lowest BCUT2D eigenvalue weighted by molar-refractivity contribution is 0.602. The molecule has 0 aliphatic carbocycles. The molecule has 0 aliphatic heterocycles. The van der Waals surface area contributed by atoms with Crippen molar-refractivity contribution in [2.45, 2.75) is 4.90 Å². The largest absolute Gasteiger partial charge is 0.337 e. The lowest BCUT2D eigenvalue weighted by atomic mass is 10.1. The first-order chi connectivity index (χ1) is 11.0. The maximum atomic E-state index is 11.5. The predicted molar refractivity (Wildman–Crippen MR) is 89.1 cm³/mol. The van der Waals surface area contributed by atoms with Gasteiger partial charge < -0.3 is 4.98 Å². The number of aromatic amines is 1. The van der Waals surface area contributed by atoms with Gasteiger partial charge in [0.05, 0.1) is 21.5 Å². The molecule has 2 aromatic carbocycles. The first-order valence-corrected chi connectivity index (χ1v) is 8.73.